The van der Waals surface area contributed by atoms with Crippen LogP contribution in [0.4, 0.5) is 0 Å². The number of carbonyl (C=O) groups is 1. The van der Waals surface area contributed by atoms with Crippen molar-refractivity contribution < 1.29 is 9.53 Å². The highest BCUT2D eigenvalue weighted by Gasteiger charge is 2.14. The van der Waals surface area contributed by atoms with Crippen molar-refractivity contribution in [3.63, 3.8) is 0 Å². The Bertz CT molecular complexity index is 646. The van der Waals surface area contributed by atoms with Gasteiger partial charge in [-0.3, -0.25) is 4.79 Å². The van der Waals surface area contributed by atoms with Gasteiger partial charge in [0, 0.05) is 11.9 Å². The molecule has 0 radical (unpaired) electrons. The molecule has 0 atom stereocenters. The lowest BCUT2D eigenvalue weighted by atomic mass is 10.2. The fourth-order valence-electron chi connectivity index (χ4n) is 1.69. The summed E-state index contributed by atoms with van der Waals surface area (Å²) in [4.78, 5) is 30.9. The van der Waals surface area contributed by atoms with Crippen LogP contribution in [0.1, 0.15) is 29.9 Å². The van der Waals surface area contributed by atoms with Crippen LogP contribution in [0.3, 0.4) is 0 Å². The van der Waals surface area contributed by atoms with E-state index < -0.39 is 11.4 Å². The summed E-state index contributed by atoms with van der Waals surface area (Å²) >= 11 is 0. The van der Waals surface area contributed by atoms with Gasteiger partial charge in [0.25, 0.3) is 0 Å². The molecule has 0 saturated heterocycles. The number of aryl methyl sites for hydroxylation is 1. The smallest absolute Gasteiger partial charge is 0.343 e. The molecule has 0 spiro atoms. The molecule has 18 heavy (non-hydrogen) atoms. The molecule has 1 N–H and O–H groups in total. The molecule has 0 aliphatic rings. The second-order valence-electron chi connectivity index (χ2n) is 3.80. The Kier molecular flexibility index (Phi) is 3.41. The molecular formula is C13H14N2O3. The minimum atomic E-state index is -0.621. The van der Waals surface area contributed by atoms with Crippen LogP contribution in [-0.2, 0) is 11.2 Å². The summed E-state index contributed by atoms with van der Waals surface area (Å²) in [5, 5.41) is 0. The second kappa shape index (κ2) is 5.00. The standard InChI is InChI=1S/C13H14N2O3/c1-3-8-5-6-10-11(15-8)12(16)9(7-14-10)13(17)18-4-2/h5-7H,3-4H2,1-2H3,(H,14,16). The van der Waals surface area contributed by atoms with Crippen molar-refractivity contribution in [3.05, 3.63) is 39.8 Å². The third-order valence-corrected chi connectivity index (χ3v) is 2.64. The Hall–Kier alpha value is -2.17. The fraction of sp³-hybridized carbons (Fsp3) is 0.308. The lowest BCUT2D eigenvalue weighted by molar-refractivity contribution is 0.0524. The zero-order valence-electron chi connectivity index (χ0n) is 10.3. The number of pyridine rings is 2. The molecule has 5 heteroatoms. The highest BCUT2D eigenvalue weighted by molar-refractivity contribution is 5.92. The number of fused-ring (bicyclic) bond motifs is 1. The average Bonchev–Trinajstić information content (AvgIpc) is 2.39. The molecule has 2 heterocycles. The molecule has 0 fully saturated rings. The predicted octanol–water partition coefficient (Wildman–Crippen LogP) is 1.66. The quantitative estimate of drug-likeness (QED) is 0.836. The SMILES string of the molecule is CCOC(=O)c1c[nH]c2ccc(CC)nc2c1=O. The number of carbonyl (C=O) groups excluding carboxylic acids is 1. The van der Waals surface area contributed by atoms with Crippen LogP contribution < -0.4 is 5.43 Å². The van der Waals surface area contributed by atoms with Crippen LogP contribution in [0.25, 0.3) is 11.0 Å². The number of H-pyrrole nitrogens is 1. The van der Waals surface area contributed by atoms with Crippen molar-refractivity contribution in [3.8, 4) is 0 Å². The van der Waals surface area contributed by atoms with Gasteiger partial charge in [-0.1, -0.05) is 6.92 Å². The number of hydrogen-bond acceptors (Lipinski definition) is 4. The zero-order valence-corrected chi connectivity index (χ0v) is 10.3. The van der Waals surface area contributed by atoms with Crippen LogP contribution in [-0.4, -0.2) is 22.5 Å². The summed E-state index contributed by atoms with van der Waals surface area (Å²) in [7, 11) is 0. The molecule has 0 unspecified atom stereocenters. The van der Waals surface area contributed by atoms with Crippen LogP contribution in [0, 0.1) is 0 Å². The molecular weight excluding hydrogens is 232 g/mol. The topological polar surface area (TPSA) is 72.1 Å². The van der Waals surface area contributed by atoms with Gasteiger partial charge in [0.15, 0.2) is 0 Å². The number of aromatic amines is 1. The first-order valence-corrected chi connectivity index (χ1v) is 5.85. The summed E-state index contributed by atoms with van der Waals surface area (Å²) in [6, 6.07) is 3.64. The average molecular weight is 246 g/mol. The van der Waals surface area contributed by atoms with Gasteiger partial charge in [-0.15, -0.1) is 0 Å². The maximum absolute atomic E-state index is 12.1. The van der Waals surface area contributed by atoms with Crippen molar-refractivity contribution in [1.29, 1.82) is 0 Å². The van der Waals surface area contributed by atoms with Crippen molar-refractivity contribution in [2.24, 2.45) is 0 Å². The number of ether oxygens (including phenoxy) is 1. The Morgan fingerprint density at radius 2 is 2.17 bits per heavy atom. The highest BCUT2D eigenvalue weighted by Crippen LogP contribution is 2.08. The summed E-state index contributed by atoms with van der Waals surface area (Å²) in [5.41, 5.74) is 1.31. The second-order valence-corrected chi connectivity index (χ2v) is 3.80. The third-order valence-electron chi connectivity index (χ3n) is 2.64. The molecule has 0 amide bonds. The number of hydrogen-bond donors (Lipinski definition) is 1. The van der Waals surface area contributed by atoms with Crippen molar-refractivity contribution >= 4 is 17.0 Å². The minimum Gasteiger partial charge on any atom is -0.462 e. The molecule has 0 aliphatic heterocycles. The Morgan fingerprint density at radius 3 is 2.83 bits per heavy atom. The predicted molar refractivity (Wildman–Crippen MR) is 67.7 cm³/mol. The Balaban J connectivity index is 2.62. The summed E-state index contributed by atoms with van der Waals surface area (Å²) < 4.78 is 4.83. The first kappa shape index (κ1) is 12.3. The van der Waals surface area contributed by atoms with E-state index in [1.54, 1.807) is 13.0 Å². The van der Waals surface area contributed by atoms with Gasteiger partial charge in [0.2, 0.25) is 5.43 Å². The van der Waals surface area contributed by atoms with E-state index in [1.165, 1.54) is 6.20 Å². The first-order chi connectivity index (χ1) is 8.67. The van der Waals surface area contributed by atoms with E-state index >= 15 is 0 Å². The number of rotatable bonds is 3. The first-order valence-electron chi connectivity index (χ1n) is 5.85. The van der Waals surface area contributed by atoms with Crippen molar-refractivity contribution in [2.75, 3.05) is 6.61 Å². The van der Waals surface area contributed by atoms with Gasteiger partial charge in [0.1, 0.15) is 11.1 Å². The molecule has 0 aliphatic carbocycles. The summed E-state index contributed by atoms with van der Waals surface area (Å²) in [6.07, 6.45) is 2.11. The van der Waals surface area contributed by atoms with Crippen molar-refractivity contribution in [2.45, 2.75) is 20.3 Å². The highest BCUT2D eigenvalue weighted by atomic mass is 16.5. The molecule has 94 valence electrons. The number of esters is 1. The maximum atomic E-state index is 12.1. The molecule has 5 nitrogen and oxygen atoms in total. The fourth-order valence-corrected chi connectivity index (χ4v) is 1.69. The van der Waals surface area contributed by atoms with E-state index in [1.807, 2.05) is 13.0 Å². The van der Waals surface area contributed by atoms with Crippen molar-refractivity contribution in [1.82, 2.24) is 9.97 Å². The van der Waals surface area contributed by atoms with E-state index in [0.29, 0.717) is 5.52 Å². The van der Waals surface area contributed by atoms with Crippen LogP contribution in [0.2, 0.25) is 0 Å². The largest absolute Gasteiger partial charge is 0.462 e. The van der Waals surface area contributed by atoms with Crippen LogP contribution in [0.15, 0.2) is 23.1 Å². The molecule has 2 aromatic heterocycles. The van der Waals surface area contributed by atoms with E-state index in [9.17, 15) is 9.59 Å². The van der Waals surface area contributed by atoms with Crippen LogP contribution >= 0.6 is 0 Å². The number of nitrogens with one attached hydrogen (secondary N) is 1. The Labute approximate surface area is 104 Å². The van der Waals surface area contributed by atoms with Gasteiger partial charge < -0.3 is 9.72 Å². The maximum Gasteiger partial charge on any atom is 0.343 e. The molecule has 0 saturated carbocycles. The van der Waals surface area contributed by atoms with Gasteiger partial charge >= 0.3 is 5.97 Å². The molecule has 0 bridgehead atoms. The van der Waals surface area contributed by atoms with Gasteiger partial charge in [-0.2, -0.15) is 0 Å². The van der Waals surface area contributed by atoms with E-state index in [-0.39, 0.29) is 17.7 Å². The zero-order chi connectivity index (χ0) is 13.1. The minimum absolute atomic E-state index is 0.00916. The van der Waals surface area contributed by atoms with Gasteiger partial charge in [-0.25, -0.2) is 9.78 Å². The van der Waals surface area contributed by atoms with E-state index in [2.05, 4.69) is 9.97 Å². The summed E-state index contributed by atoms with van der Waals surface area (Å²) in [6.45, 7) is 3.89. The summed E-state index contributed by atoms with van der Waals surface area (Å²) in [5.74, 6) is -0.621. The van der Waals surface area contributed by atoms with Gasteiger partial charge in [-0.05, 0) is 25.5 Å². The van der Waals surface area contributed by atoms with E-state index in [4.69, 9.17) is 4.74 Å². The van der Waals surface area contributed by atoms with E-state index in [0.717, 1.165) is 12.1 Å². The third kappa shape index (κ3) is 2.11. The number of nitrogens with zero attached hydrogens (tertiary/aromatic N) is 1. The van der Waals surface area contributed by atoms with Crippen LogP contribution in [0.5, 0.6) is 0 Å². The molecule has 0 aromatic carbocycles. The monoisotopic (exact) mass is 246 g/mol. The molecule has 2 aromatic rings. The Morgan fingerprint density at radius 1 is 1.39 bits per heavy atom. The van der Waals surface area contributed by atoms with Gasteiger partial charge in [0.05, 0.1) is 12.1 Å². The number of aromatic nitrogens is 2. The lowest BCUT2D eigenvalue weighted by Crippen LogP contribution is -2.19. The normalized spacial score (nSPS) is 10.6. The lowest BCUT2D eigenvalue weighted by Gasteiger charge is -2.04. The molecule has 2 rings (SSSR count).